The molecule has 0 saturated heterocycles. The van der Waals surface area contributed by atoms with Crippen LogP contribution in [0.5, 0.6) is 0 Å². The normalized spacial score (nSPS) is 9.73. The van der Waals surface area contributed by atoms with E-state index >= 15 is 0 Å². The van der Waals surface area contributed by atoms with Crippen molar-refractivity contribution < 1.29 is 9.53 Å². The van der Waals surface area contributed by atoms with Gasteiger partial charge in [-0.2, -0.15) is 9.78 Å². The molecule has 0 N–H and O–H groups in total. The Hall–Kier alpha value is -1.32. The molecule has 0 aliphatic carbocycles. The Balaban J connectivity index is 2.97. The lowest BCUT2D eigenvalue weighted by Crippen LogP contribution is -2.11. The summed E-state index contributed by atoms with van der Waals surface area (Å²) in [4.78, 5) is 10.9. The molecule has 0 radical (unpaired) electrons. The number of hydrogen-bond donors (Lipinski definition) is 0. The van der Waals surface area contributed by atoms with Crippen LogP contribution in [0.1, 0.15) is 11.3 Å². The van der Waals surface area contributed by atoms with Gasteiger partial charge in [-0.25, -0.2) is 4.79 Å². The van der Waals surface area contributed by atoms with Crippen LogP contribution < -0.4 is 0 Å². The van der Waals surface area contributed by atoms with Crippen LogP contribution in [0.15, 0.2) is 6.20 Å². The topological polar surface area (TPSA) is 44.1 Å². The number of aryl methyl sites for hydroxylation is 2. The number of carbonyl (C=O) groups excluding carboxylic acids is 1. The molecule has 0 aliphatic heterocycles. The van der Waals surface area contributed by atoms with Gasteiger partial charge in [0, 0.05) is 6.20 Å². The average Bonchev–Trinajstić information content (AvgIpc) is 2.31. The molecule has 4 nitrogen and oxygen atoms in total. The summed E-state index contributed by atoms with van der Waals surface area (Å²) >= 11 is 0. The highest BCUT2D eigenvalue weighted by molar-refractivity contribution is 5.69. The van der Waals surface area contributed by atoms with E-state index in [4.69, 9.17) is 0 Å². The zero-order chi connectivity index (χ0) is 8.43. The third-order valence-corrected chi connectivity index (χ3v) is 1.51. The van der Waals surface area contributed by atoms with E-state index in [1.807, 2.05) is 13.8 Å². The van der Waals surface area contributed by atoms with E-state index < -0.39 is 6.09 Å². The molecule has 4 heteroatoms. The monoisotopic (exact) mass is 154 g/mol. The summed E-state index contributed by atoms with van der Waals surface area (Å²) in [6, 6.07) is 0. The predicted molar refractivity (Wildman–Crippen MR) is 39.5 cm³/mol. The molecule has 0 saturated carbocycles. The van der Waals surface area contributed by atoms with E-state index in [0.29, 0.717) is 0 Å². The quantitative estimate of drug-likeness (QED) is 0.562. The van der Waals surface area contributed by atoms with E-state index in [2.05, 4.69) is 9.84 Å². The average molecular weight is 154 g/mol. The van der Waals surface area contributed by atoms with Gasteiger partial charge in [0.2, 0.25) is 0 Å². The van der Waals surface area contributed by atoms with Crippen molar-refractivity contribution in [3.8, 4) is 0 Å². The number of rotatable bonds is 0. The minimum absolute atomic E-state index is 0.457. The third-order valence-electron chi connectivity index (χ3n) is 1.51. The Morgan fingerprint density at radius 1 is 1.64 bits per heavy atom. The van der Waals surface area contributed by atoms with Crippen LogP contribution in [0.4, 0.5) is 4.79 Å². The number of methoxy groups -OCH3 is 1. The Kier molecular flexibility index (Phi) is 1.94. The maximum absolute atomic E-state index is 10.9. The molecule has 0 atom stereocenters. The maximum atomic E-state index is 10.9. The fraction of sp³-hybridized carbons (Fsp3) is 0.429. The lowest BCUT2D eigenvalue weighted by molar-refractivity contribution is 0.169. The van der Waals surface area contributed by atoms with E-state index in [-0.39, 0.29) is 0 Å². The van der Waals surface area contributed by atoms with Crippen LogP contribution in [-0.2, 0) is 4.74 Å². The highest BCUT2D eigenvalue weighted by atomic mass is 16.5. The van der Waals surface area contributed by atoms with Gasteiger partial charge >= 0.3 is 6.09 Å². The van der Waals surface area contributed by atoms with Gasteiger partial charge < -0.3 is 4.74 Å². The zero-order valence-corrected chi connectivity index (χ0v) is 6.79. The van der Waals surface area contributed by atoms with Crippen molar-refractivity contribution in [2.75, 3.05) is 7.11 Å². The molecule has 1 rings (SSSR count). The Morgan fingerprint density at radius 2 is 2.27 bits per heavy atom. The van der Waals surface area contributed by atoms with Gasteiger partial charge in [-0.15, -0.1) is 0 Å². The number of carbonyl (C=O) groups is 1. The smallest absolute Gasteiger partial charge is 0.434 e. The number of nitrogens with zero attached hydrogens (tertiary/aromatic N) is 2. The molecule has 11 heavy (non-hydrogen) atoms. The summed E-state index contributed by atoms with van der Waals surface area (Å²) in [6.45, 7) is 3.73. The van der Waals surface area contributed by atoms with Gasteiger partial charge in [0.15, 0.2) is 0 Å². The minimum Gasteiger partial charge on any atom is -0.451 e. The minimum atomic E-state index is -0.457. The number of hydrogen-bond acceptors (Lipinski definition) is 3. The molecule has 0 unspecified atom stereocenters. The fourth-order valence-electron chi connectivity index (χ4n) is 0.733. The first-order valence-electron chi connectivity index (χ1n) is 3.26. The van der Waals surface area contributed by atoms with E-state index in [0.717, 1.165) is 11.3 Å². The summed E-state index contributed by atoms with van der Waals surface area (Å²) in [7, 11) is 1.33. The largest absolute Gasteiger partial charge is 0.451 e. The first-order chi connectivity index (χ1) is 5.15. The summed E-state index contributed by atoms with van der Waals surface area (Å²) in [5.74, 6) is 0. The lowest BCUT2D eigenvalue weighted by Gasteiger charge is -1.94. The highest BCUT2D eigenvalue weighted by Gasteiger charge is 2.06. The van der Waals surface area contributed by atoms with Gasteiger partial charge in [0.25, 0.3) is 0 Å². The lowest BCUT2D eigenvalue weighted by atomic mass is 10.3. The van der Waals surface area contributed by atoms with Crippen LogP contribution >= 0.6 is 0 Å². The van der Waals surface area contributed by atoms with Crippen molar-refractivity contribution >= 4 is 6.09 Å². The predicted octanol–water partition coefficient (Wildman–Crippen LogP) is 1.11. The van der Waals surface area contributed by atoms with E-state index in [1.165, 1.54) is 11.8 Å². The Bertz CT molecular complexity index is 258. The van der Waals surface area contributed by atoms with E-state index in [9.17, 15) is 4.79 Å². The van der Waals surface area contributed by atoms with Gasteiger partial charge in [0.1, 0.15) is 0 Å². The van der Waals surface area contributed by atoms with Crippen LogP contribution in [0.3, 0.4) is 0 Å². The maximum Gasteiger partial charge on any atom is 0.434 e. The standard InChI is InChI=1S/C7H10N2O2/c1-5-4-9(7(10)11-3)8-6(5)2/h4H,1-3H3. The van der Waals surface area contributed by atoms with Crippen LogP contribution in [0, 0.1) is 13.8 Å². The SMILES string of the molecule is COC(=O)n1cc(C)c(C)n1. The second-order valence-electron chi connectivity index (χ2n) is 2.31. The third kappa shape index (κ3) is 1.39. The molecule has 0 fully saturated rings. The van der Waals surface area contributed by atoms with Crippen molar-refractivity contribution in [2.24, 2.45) is 0 Å². The van der Waals surface area contributed by atoms with Gasteiger partial charge in [0.05, 0.1) is 12.8 Å². The summed E-state index contributed by atoms with van der Waals surface area (Å²) < 4.78 is 5.65. The first kappa shape index (κ1) is 7.78. The molecular weight excluding hydrogens is 144 g/mol. The Labute approximate surface area is 64.8 Å². The molecule has 1 aromatic rings. The van der Waals surface area contributed by atoms with E-state index in [1.54, 1.807) is 6.20 Å². The second kappa shape index (κ2) is 2.74. The Morgan fingerprint density at radius 3 is 2.64 bits per heavy atom. The van der Waals surface area contributed by atoms with Crippen LogP contribution in [0.25, 0.3) is 0 Å². The number of ether oxygens (including phenoxy) is 1. The van der Waals surface area contributed by atoms with Gasteiger partial charge in [-0.1, -0.05) is 0 Å². The summed E-state index contributed by atoms with van der Waals surface area (Å²) in [6.07, 6.45) is 1.18. The summed E-state index contributed by atoms with van der Waals surface area (Å²) in [5, 5.41) is 3.92. The number of aromatic nitrogens is 2. The van der Waals surface area contributed by atoms with Gasteiger partial charge in [-0.3, -0.25) is 0 Å². The molecule has 0 amide bonds. The van der Waals surface area contributed by atoms with Crippen molar-refractivity contribution in [3.63, 3.8) is 0 Å². The molecule has 60 valence electrons. The van der Waals surface area contributed by atoms with Crippen molar-refractivity contribution in [1.29, 1.82) is 0 Å². The zero-order valence-electron chi connectivity index (χ0n) is 6.79. The van der Waals surface area contributed by atoms with Crippen molar-refractivity contribution in [3.05, 3.63) is 17.5 Å². The summed E-state index contributed by atoms with van der Waals surface area (Å²) in [5.41, 5.74) is 1.82. The molecule has 1 heterocycles. The molecule has 0 spiro atoms. The second-order valence-corrected chi connectivity index (χ2v) is 2.31. The van der Waals surface area contributed by atoms with Crippen LogP contribution in [0.2, 0.25) is 0 Å². The molecule has 0 bridgehead atoms. The van der Waals surface area contributed by atoms with Crippen LogP contribution in [-0.4, -0.2) is 23.0 Å². The highest BCUT2D eigenvalue weighted by Crippen LogP contribution is 2.02. The van der Waals surface area contributed by atoms with Crippen molar-refractivity contribution in [1.82, 2.24) is 9.78 Å². The van der Waals surface area contributed by atoms with Gasteiger partial charge in [-0.05, 0) is 19.4 Å². The molecule has 0 aliphatic rings. The molecule has 0 aromatic carbocycles. The fourth-order valence-corrected chi connectivity index (χ4v) is 0.733. The molecule has 1 aromatic heterocycles. The van der Waals surface area contributed by atoms with Crippen molar-refractivity contribution in [2.45, 2.75) is 13.8 Å². The molecular formula is C7H10N2O2. The first-order valence-corrected chi connectivity index (χ1v) is 3.26.